The normalized spacial score (nSPS) is 17.8. The first-order valence-electron chi connectivity index (χ1n) is 8.58. The Morgan fingerprint density at radius 2 is 1.89 bits per heavy atom. The molecule has 144 valence electrons. The number of hydrogen-bond donors (Lipinski definition) is 1. The average molecular weight is 391 g/mol. The Morgan fingerprint density at radius 1 is 1.22 bits per heavy atom. The van der Waals surface area contributed by atoms with Crippen LogP contribution in [0.1, 0.15) is 41.6 Å². The molecule has 0 aliphatic carbocycles. The Kier molecular flexibility index (Phi) is 5.16. The number of Topliss-reactive ketones (excluding diaryl/α,β-unsaturated/α-hetero) is 1. The lowest BCUT2D eigenvalue weighted by Crippen LogP contribution is -2.43. The fourth-order valence-electron chi connectivity index (χ4n) is 3.26. The number of hydrogen-bond acceptors (Lipinski definition) is 6. The van der Waals surface area contributed by atoms with E-state index >= 15 is 0 Å². The number of benzene rings is 1. The molecule has 1 aromatic heterocycles. The molecule has 0 spiro atoms. The molecule has 1 aliphatic rings. The van der Waals surface area contributed by atoms with Crippen LogP contribution in [0.3, 0.4) is 0 Å². The minimum absolute atomic E-state index is 0.0213. The number of ketones is 1. The number of amides is 1. The topological polar surface area (TPSA) is 110 Å². The van der Waals surface area contributed by atoms with Crippen LogP contribution in [-0.4, -0.2) is 42.2 Å². The predicted molar refractivity (Wildman–Crippen MR) is 98.0 cm³/mol. The van der Waals surface area contributed by atoms with E-state index in [1.54, 1.807) is 31.2 Å². The largest absolute Gasteiger partial charge is 0.360 e. The van der Waals surface area contributed by atoms with Gasteiger partial charge < -0.3 is 9.84 Å². The van der Waals surface area contributed by atoms with E-state index in [9.17, 15) is 18.0 Å². The number of rotatable bonds is 5. The molecule has 0 bridgehead atoms. The van der Waals surface area contributed by atoms with Crippen LogP contribution in [0.2, 0.25) is 0 Å². The summed E-state index contributed by atoms with van der Waals surface area (Å²) in [5.41, 5.74) is 1.32. The van der Waals surface area contributed by atoms with E-state index in [0.717, 1.165) is 0 Å². The van der Waals surface area contributed by atoms with Crippen LogP contribution in [0, 0.1) is 13.8 Å². The fraction of sp³-hybridized carbons (Fsp3) is 0.389. The van der Waals surface area contributed by atoms with Crippen molar-refractivity contribution in [2.75, 3.05) is 11.9 Å². The number of aromatic nitrogens is 1. The summed E-state index contributed by atoms with van der Waals surface area (Å²) in [7, 11) is -3.89. The van der Waals surface area contributed by atoms with Crippen molar-refractivity contribution in [2.24, 2.45) is 0 Å². The smallest absolute Gasteiger partial charge is 0.249 e. The van der Waals surface area contributed by atoms with E-state index in [-0.39, 0.29) is 28.7 Å². The molecule has 1 aromatic carbocycles. The maximum atomic E-state index is 13.0. The van der Waals surface area contributed by atoms with Gasteiger partial charge in [-0.1, -0.05) is 5.16 Å². The molecule has 0 saturated carbocycles. The van der Waals surface area contributed by atoms with Gasteiger partial charge in [-0.3, -0.25) is 9.59 Å². The molecule has 1 saturated heterocycles. The van der Waals surface area contributed by atoms with Crippen molar-refractivity contribution in [3.05, 3.63) is 41.3 Å². The zero-order chi connectivity index (χ0) is 19.8. The number of carbonyl (C=O) groups excluding carboxylic acids is 2. The Bertz CT molecular complexity index is 959. The van der Waals surface area contributed by atoms with Gasteiger partial charge in [-0.15, -0.1) is 0 Å². The van der Waals surface area contributed by atoms with Crippen LogP contribution >= 0.6 is 0 Å². The number of aryl methyl sites for hydroxylation is 2. The molecule has 1 fully saturated rings. The van der Waals surface area contributed by atoms with Gasteiger partial charge in [0.15, 0.2) is 11.5 Å². The number of nitrogens with zero attached hydrogens (tertiary/aromatic N) is 2. The molecule has 1 aliphatic heterocycles. The average Bonchev–Trinajstić information content (AvgIpc) is 3.23. The van der Waals surface area contributed by atoms with E-state index in [1.807, 2.05) is 0 Å². The summed E-state index contributed by atoms with van der Waals surface area (Å²) in [4.78, 5) is 24.1. The van der Waals surface area contributed by atoms with Crippen molar-refractivity contribution in [1.82, 2.24) is 9.46 Å². The van der Waals surface area contributed by atoms with Crippen LogP contribution < -0.4 is 5.32 Å². The van der Waals surface area contributed by atoms with Gasteiger partial charge in [0.25, 0.3) is 0 Å². The molecule has 0 radical (unpaired) electrons. The minimum atomic E-state index is -3.89. The number of anilines is 1. The van der Waals surface area contributed by atoms with Crippen molar-refractivity contribution in [3.8, 4) is 0 Å². The van der Waals surface area contributed by atoms with E-state index in [2.05, 4.69) is 10.5 Å². The van der Waals surface area contributed by atoms with Crippen LogP contribution in [0.15, 0.2) is 33.7 Å². The number of carbonyl (C=O) groups is 2. The van der Waals surface area contributed by atoms with Crippen molar-refractivity contribution in [3.63, 3.8) is 0 Å². The molecule has 2 heterocycles. The summed E-state index contributed by atoms with van der Waals surface area (Å²) >= 11 is 0. The molecule has 2 aromatic rings. The third kappa shape index (κ3) is 3.65. The molecular formula is C18H21N3O5S. The highest BCUT2D eigenvalue weighted by Gasteiger charge is 2.41. The fourth-order valence-corrected chi connectivity index (χ4v) is 5.22. The molecule has 8 nitrogen and oxygen atoms in total. The van der Waals surface area contributed by atoms with Crippen molar-refractivity contribution >= 4 is 27.4 Å². The van der Waals surface area contributed by atoms with Crippen LogP contribution in [-0.2, 0) is 14.8 Å². The summed E-state index contributed by atoms with van der Waals surface area (Å²) in [5, 5.41) is 6.44. The lowest BCUT2D eigenvalue weighted by molar-refractivity contribution is -0.119. The van der Waals surface area contributed by atoms with E-state index in [4.69, 9.17) is 4.52 Å². The maximum absolute atomic E-state index is 13.0. The quantitative estimate of drug-likeness (QED) is 0.783. The molecule has 0 unspecified atom stereocenters. The Labute approximate surface area is 157 Å². The van der Waals surface area contributed by atoms with Crippen LogP contribution in [0.25, 0.3) is 0 Å². The molecule has 9 heteroatoms. The SMILES string of the molecule is CC(=O)c1ccc(NC(=O)[C@@H]2CCCN2S(=O)(=O)c2c(C)noc2C)cc1. The second-order valence-electron chi connectivity index (χ2n) is 6.55. The lowest BCUT2D eigenvalue weighted by atomic mass is 10.1. The van der Waals surface area contributed by atoms with Crippen molar-refractivity contribution < 1.29 is 22.5 Å². The van der Waals surface area contributed by atoms with E-state index in [0.29, 0.717) is 24.1 Å². The third-order valence-corrected chi connectivity index (χ3v) is 6.75. The second kappa shape index (κ2) is 7.24. The van der Waals surface area contributed by atoms with Crippen LogP contribution in [0.4, 0.5) is 5.69 Å². The van der Waals surface area contributed by atoms with Crippen LogP contribution in [0.5, 0.6) is 0 Å². The predicted octanol–water partition coefficient (Wildman–Crippen LogP) is 2.29. The first kappa shape index (κ1) is 19.2. The van der Waals surface area contributed by atoms with Gasteiger partial charge in [0.1, 0.15) is 16.6 Å². The Morgan fingerprint density at radius 3 is 2.44 bits per heavy atom. The zero-order valence-electron chi connectivity index (χ0n) is 15.4. The monoisotopic (exact) mass is 391 g/mol. The van der Waals surface area contributed by atoms with Crippen molar-refractivity contribution in [2.45, 2.75) is 44.6 Å². The Hall–Kier alpha value is -2.52. The highest BCUT2D eigenvalue weighted by Crippen LogP contribution is 2.30. The third-order valence-electron chi connectivity index (χ3n) is 4.60. The van der Waals surface area contributed by atoms with E-state index in [1.165, 1.54) is 18.2 Å². The molecular weight excluding hydrogens is 370 g/mol. The number of nitrogens with one attached hydrogen (secondary N) is 1. The van der Waals surface area contributed by atoms with Gasteiger partial charge in [0.2, 0.25) is 15.9 Å². The minimum Gasteiger partial charge on any atom is -0.360 e. The summed E-state index contributed by atoms with van der Waals surface area (Å²) in [5.74, 6) is -0.266. The molecule has 1 atom stereocenters. The zero-order valence-corrected chi connectivity index (χ0v) is 16.2. The van der Waals surface area contributed by atoms with Gasteiger partial charge in [-0.2, -0.15) is 4.31 Å². The number of sulfonamides is 1. The summed E-state index contributed by atoms with van der Waals surface area (Å²) in [6.07, 6.45) is 1.02. The highest BCUT2D eigenvalue weighted by molar-refractivity contribution is 7.89. The van der Waals surface area contributed by atoms with Crippen molar-refractivity contribution in [1.29, 1.82) is 0 Å². The summed E-state index contributed by atoms with van der Waals surface area (Å²) in [6.45, 7) is 4.82. The summed E-state index contributed by atoms with van der Waals surface area (Å²) in [6, 6.07) is 5.67. The standard InChI is InChI=1S/C18H21N3O5S/c1-11-17(13(3)26-20-11)27(24,25)21-10-4-5-16(21)18(23)19-15-8-6-14(7-9-15)12(2)22/h6-9,16H,4-5,10H2,1-3H3,(H,19,23)/t16-/m0/s1. The van der Waals surface area contributed by atoms with Gasteiger partial charge in [0, 0.05) is 17.8 Å². The first-order chi connectivity index (χ1) is 12.7. The molecule has 27 heavy (non-hydrogen) atoms. The van der Waals surface area contributed by atoms with Gasteiger partial charge >= 0.3 is 0 Å². The molecule has 1 amide bonds. The lowest BCUT2D eigenvalue weighted by Gasteiger charge is -2.23. The maximum Gasteiger partial charge on any atom is 0.249 e. The second-order valence-corrected chi connectivity index (χ2v) is 8.38. The Balaban J connectivity index is 1.81. The van der Waals surface area contributed by atoms with Gasteiger partial charge in [-0.05, 0) is 57.9 Å². The van der Waals surface area contributed by atoms with Gasteiger partial charge in [0.05, 0.1) is 0 Å². The molecule has 1 N–H and O–H groups in total. The summed E-state index contributed by atoms with van der Waals surface area (Å²) < 4.78 is 32.3. The molecule has 3 rings (SSSR count). The first-order valence-corrected chi connectivity index (χ1v) is 10.0. The highest BCUT2D eigenvalue weighted by atomic mass is 32.2. The van der Waals surface area contributed by atoms with E-state index < -0.39 is 22.0 Å². The van der Waals surface area contributed by atoms with Gasteiger partial charge in [-0.25, -0.2) is 8.42 Å².